The van der Waals surface area contributed by atoms with Crippen LogP contribution in [0.2, 0.25) is 0 Å². The third kappa shape index (κ3) is 4.62. The minimum atomic E-state index is -0.846. The fourth-order valence-electron chi connectivity index (χ4n) is 1.98. The molecule has 122 valence electrons. The van der Waals surface area contributed by atoms with Gasteiger partial charge < -0.3 is 24.3 Å². The Balaban J connectivity index is 1.91. The van der Waals surface area contributed by atoms with E-state index >= 15 is 0 Å². The normalized spacial score (nSPS) is 12.1. The van der Waals surface area contributed by atoms with E-state index in [-0.39, 0.29) is 12.5 Å². The van der Waals surface area contributed by atoms with Gasteiger partial charge in [0.15, 0.2) is 11.5 Å². The van der Waals surface area contributed by atoms with Crippen LogP contribution in [0.25, 0.3) is 6.08 Å². The lowest BCUT2D eigenvalue weighted by atomic mass is 10.1. The number of methoxy groups -OCH3 is 2. The number of nitrogens with one attached hydrogen (secondary N) is 1. The summed E-state index contributed by atoms with van der Waals surface area (Å²) >= 11 is 0. The van der Waals surface area contributed by atoms with Crippen LogP contribution in [-0.2, 0) is 4.79 Å². The average Bonchev–Trinajstić information content (AvgIpc) is 3.10. The Kier molecular flexibility index (Phi) is 5.82. The molecule has 0 saturated carbocycles. The molecule has 6 heteroatoms. The Bertz CT molecular complexity index is 664. The summed E-state index contributed by atoms with van der Waals surface area (Å²) in [5.41, 5.74) is 1.42. The number of furan rings is 1. The van der Waals surface area contributed by atoms with Crippen LogP contribution in [-0.4, -0.2) is 31.8 Å². The van der Waals surface area contributed by atoms with Crippen LogP contribution in [0.3, 0.4) is 0 Å². The quantitative estimate of drug-likeness (QED) is 0.765. The molecule has 1 atom stereocenters. The average molecular weight is 317 g/mol. The molecule has 1 aromatic heterocycles. The summed E-state index contributed by atoms with van der Waals surface area (Å²) in [6.07, 6.45) is 5.22. The predicted octanol–water partition coefficient (Wildman–Crippen LogP) is 2.16. The number of rotatable bonds is 7. The van der Waals surface area contributed by atoms with Crippen LogP contribution in [0.5, 0.6) is 11.5 Å². The first-order valence-corrected chi connectivity index (χ1v) is 7.02. The van der Waals surface area contributed by atoms with Crippen LogP contribution in [0.4, 0.5) is 0 Å². The number of hydrogen-bond acceptors (Lipinski definition) is 5. The second kappa shape index (κ2) is 8.05. The summed E-state index contributed by atoms with van der Waals surface area (Å²) < 4.78 is 15.2. The van der Waals surface area contributed by atoms with Crippen molar-refractivity contribution in [3.05, 3.63) is 54.0 Å². The molecule has 1 aromatic carbocycles. The number of carbonyl (C=O) groups excluding carboxylic acids is 1. The minimum absolute atomic E-state index is 0.0873. The molecule has 0 unspecified atom stereocenters. The second-order valence-electron chi connectivity index (χ2n) is 4.77. The summed E-state index contributed by atoms with van der Waals surface area (Å²) in [5.74, 6) is 0.802. The van der Waals surface area contributed by atoms with E-state index in [0.29, 0.717) is 17.1 Å². The van der Waals surface area contributed by atoms with Crippen molar-refractivity contribution in [2.24, 2.45) is 0 Å². The topological polar surface area (TPSA) is 80.9 Å². The zero-order chi connectivity index (χ0) is 16.7. The smallest absolute Gasteiger partial charge is 0.244 e. The molecule has 0 fully saturated rings. The molecule has 2 aromatic rings. The van der Waals surface area contributed by atoms with Gasteiger partial charge in [-0.3, -0.25) is 4.79 Å². The number of benzene rings is 1. The van der Waals surface area contributed by atoms with Crippen molar-refractivity contribution in [1.29, 1.82) is 0 Å². The first kappa shape index (κ1) is 16.6. The molecule has 0 spiro atoms. The summed E-state index contributed by atoms with van der Waals surface area (Å²) in [6, 6.07) is 6.84. The van der Waals surface area contributed by atoms with E-state index in [1.165, 1.54) is 25.7 Å². The number of hydrogen-bond donors (Lipinski definition) is 2. The van der Waals surface area contributed by atoms with Gasteiger partial charge in [0, 0.05) is 18.2 Å². The minimum Gasteiger partial charge on any atom is -0.493 e. The maximum Gasteiger partial charge on any atom is 0.244 e. The van der Waals surface area contributed by atoms with Gasteiger partial charge in [-0.25, -0.2) is 0 Å². The zero-order valence-corrected chi connectivity index (χ0v) is 13.0. The van der Waals surface area contributed by atoms with Gasteiger partial charge in [-0.2, -0.15) is 0 Å². The largest absolute Gasteiger partial charge is 0.493 e. The maximum absolute atomic E-state index is 11.7. The van der Waals surface area contributed by atoms with Crippen molar-refractivity contribution in [1.82, 2.24) is 5.32 Å². The Morgan fingerprint density at radius 2 is 2.09 bits per heavy atom. The van der Waals surface area contributed by atoms with Crippen LogP contribution in [0, 0.1) is 0 Å². The number of aliphatic hydroxyl groups is 1. The van der Waals surface area contributed by atoms with Crippen LogP contribution in [0.1, 0.15) is 17.2 Å². The zero-order valence-electron chi connectivity index (χ0n) is 13.0. The van der Waals surface area contributed by atoms with E-state index < -0.39 is 6.10 Å². The second-order valence-corrected chi connectivity index (χ2v) is 4.77. The van der Waals surface area contributed by atoms with Crippen LogP contribution < -0.4 is 14.8 Å². The molecule has 1 heterocycles. The van der Waals surface area contributed by atoms with Crippen molar-refractivity contribution < 1.29 is 23.8 Å². The van der Waals surface area contributed by atoms with Gasteiger partial charge in [-0.15, -0.1) is 0 Å². The van der Waals surface area contributed by atoms with Gasteiger partial charge in [0.1, 0.15) is 0 Å². The molecular formula is C17H19NO5. The predicted molar refractivity (Wildman–Crippen MR) is 85.3 cm³/mol. The highest BCUT2D eigenvalue weighted by molar-refractivity contribution is 5.91. The highest BCUT2D eigenvalue weighted by Crippen LogP contribution is 2.29. The molecule has 0 aliphatic heterocycles. The Morgan fingerprint density at radius 3 is 2.74 bits per heavy atom. The van der Waals surface area contributed by atoms with Gasteiger partial charge in [0.2, 0.25) is 5.91 Å². The number of amides is 1. The van der Waals surface area contributed by atoms with Crippen molar-refractivity contribution in [3.8, 4) is 11.5 Å². The van der Waals surface area contributed by atoms with E-state index in [0.717, 1.165) is 5.56 Å². The molecule has 0 aliphatic rings. The van der Waals surface area contributed by atoms with Crippen molar-refractivity contribution in [2.45, 2.75) is 6.10 Å². The van der Waals surface area contributed by atoms with Crippen molar-refractivity contribution >= 4 is 12.0 Å². The van der Waals surface area contributed by atoms with E-state index in [1.54, 1.807) is 37.5 Å². The molecular weight excluding hydrogens is 298 g/mol. The van der Waals surface area contributed by atoms with Crippen LogP contribution in [0.15, 0.2) is 47.3 Å². The van der Waals surface area contributed by atoms with Gasteiger partial charge >= 0.3 is 0 Å². The lowest BCUT2D eigenvalue weighted by molar-refractivity contribution is -0.116. The Labute approximate surface area is 134 Å². The molecule has 6 nitrogen and oxygen atoms in total. The number of aliphatic hydroxyl groups excluding tert-OH is 1. The third-order valence-corrected chi connectivity index (χ3v) is 3.23. The van der Waals surface area contributed by atoms with Gasteiger partial charge in [-0.1, -0.05) is 6.07 Å². The first-order valence-electron chi connectivity index (χ1n) is 7.02. The van der Waals surface area contributed by atoms with E-state index in [1.807, 2.05) is 0 Å². The molecule has 0 bridgehead atoms. The monoisotopic (exact) mass is 317 g/mol. The standard InChI is InChI=1S/C17H19NO5/c1-21-15-5-4-13(9-16(15)22-2)14(19)10-18-17(20)6-3-12-7-8-23-11-12/h3-9,11,14,19H,10H2,1-2H3,(H,18,20)/b6-3+/t14-/m1/s1. The maximum atomic E-state index is 11.7. The molecule has 2 N–H and O–H groups in total. The Hall–Kier alpha value is -2.73. The lowest BCUT2D eigenvalue weighted by Crippen LogP contribution is -2.26. The molecule has 0 radical (unpaired) electrons. The molecule has 2 rings (SSSR count). The lowest BCUT2D eigenvalue weighted by Gasteiger charge is -2.14. The third-order valence-electron chi connectivity index (χ3n) is 3.23. The number of carbonyl (C=O) groups is 1. The van der Waals surface area contributed by atoms with Gasteiger partial charge in [0.25, 0.3) is 0 Å². The first-order chi connectivity index (χ1) is 11.1. The fourth-order valence-corrected chi connectivity index (χ4v) is 1.98. The van der Waals surface area contributed by atoms with Crippen molar-refractivity contribution in [2.75, 3.05) is 20.8 Å². The molecule has 1 amide bonds. The van der Waals surface area contributed by atoms with Gasteiger partial charge in [0.05, 0.1) is 32.8 Å². The number of ether oxygens (including phenoxy) is 2. The van der Waals surface area contributed by atoms with Gasteiger partial charge in [-0.05, 0) is 29.8 Å². The molecule has 23 heavy (non-hydrogen) atoms. The van der Waals surface area contributed by atoms with E-state index in [2.05, 4.69) is 5.32 Å². The van der Waals surface area contributed by atoms with E-state index in [9.17, 15) is 9.90 Å². The van der Waals surface area contributed by atoms with Crippen LogP contribution >= 0.6 is 0 Å². The fraction of sp³-hybridized carbons (Fsp3) is 0.235. The molecule has 0 saturated heterocycles. The van der Waals surface area contributed by atoms with Crippen molar-refractivity contribution in [3.63, 3.8) is 0 Å². The highest BCUT2D eigenvalue weighted by Gasteiger charge is 2.12. The summed E-state index contributed by atoms with van der Waals surface area (Å²) in [6.45, 7) is 0.0873. The summed E-state index contributed by atoms with van der Waals surface area (Å²) in [5, 5.41) is 12.8. The van der Waals surface area contributed by atoms with E-state index in [4.69, 9.17) is 13.9 Å². The summed E-state index contributed by atoms with van der Waals surface area (Å²) in [7, 11) is 3.07. The SMILES string of the molecule is COc1ccc([C@H](O)CNC(=O)/C=C/c2ccoc2)cc1OC. The highest BCUT2D eigenvalue weighted by atomic mass is 16.5. The Morgan fingerprint density at radius 1 is 1.30 bits per heavy atom. The molecule has 0 aliphatic carbocycles. The summed E-state index contributed by atoms with van der Waals surface area (Å²) in [4.78, 5) is 11.7.